The van der Waals surface area contributed by atoms with Crippen LogP contribution >= 0.6 is 11.6 Å². The fraction of sp³-hybridized carbons (Fsp3) is 0.115. The number of halogens is 4. The molecule has 2 amide bonds. The van der Waals surface area contributed by atoms with E-state index in [1.807, 2.05) is 0 Å². The summed E-state index contributed by atoms with van der Waals surface area (Å²) in [5, 5.41) is 4.98. The zero-order chi connectivity index (χ0) is 26.1. The third-order valence-electron chi connectivity index (χ3n) is 5.42. The Labute approximate surface area is 209 Å². The van der Waals surface area contributed by atoms with Crippen LogP contribution in [0.15, 0.2) is 48.7 Å². The number of rotatable bonds is 5. The smallest absolute Gasteiger partial charge is 0.261 e. The summed E-state index contributed by atoms with van der Waals surface area (Å²) >= 11 is 5.59. The molecule has 0 aliphatic heterocycles. The second-order valence-corrected chi connectivity index (χ2v) is 8.36. The third-order valence-corrected chi connectivity index (χ3v) is 5.87. The van der Waals surface area contributed by atoms with Crippen molar-refractivity contribution in [2.75, 3.05) is 10.6 Å². The molecule has 0 aliphatic carbocycles. The number of carbonyl (C=O) groups excluding carboxylic acids is 2. The molecule has 1 aromatic heterocycles. The van der Waals surface area contributed by atoms with Gasteiger partial charge in [-0.15, -0.1) is 0 Å². The van der Waals surface area contributed by atoms with E-state index in [2.05, 4.69) is 15.6 Å². The Hall–Kier alpha value is -4.11. The first kappa shape index (κ1) is 25.0. The number of hydrogen-bond donors (Lipinski definition) is 2. The summed E-state index contributed by atoms with van der Waals surface area (Å²) < 4.78 is 49.0. The summed E-state index contributed by atoms with van der Waals surface area (Å²) in [6, 6.07) is 11.5. The van der Waals surface area contributed by atoms with Gasteiger partial charge in [-0.05, 0) is 43.7 Å². The van der Waals surface area contributed by atoms with Crippen LogP contribution in [-0.2, 0) is 4.79 Å². The number of nitrogens with zero attached hydrogens (tertiary/aromatic N) is 1. The molecule has 4 rings (SSSR count). The van der Waals surface area contributed by atoms with Crippen molar-refractivity contribution in [3.8, 4) is 11.5 Å². The van der Waals surface area contributed by atoms with Gasteiger partial charge in [0.05, 0.1) is 16.2 Å². The van der Waals surface area contributed by atoms with E-state index in [9.17, 15) is 22.8 Å². The second kappa shape index (κ2) is 9.87. The lowest BCUT2D eigenvalue weighted by Crippen LogP contribution is -2.18. The van der Waals surface area contributed by atoms with E-state index in [0.717, 1.165) is 6.92 Å². The summed E-state index contributed by atoms with van der Waals surface area (Å²) in [4.78, 5) is 28.5. The molecule has 0 radical (unpaired) electrons. The monoisotopic (exact) mass is 513 g/mol. The van der Waals surface area contributed by atoms with Gasteiger partial charge in [-0.3, -0.25) is 14.6 Å². The van der Waals surface area contributed by atoms with Gasteiger partial charge < -0.3 is 15.4 Å². The number of nitrogens with one attached hydrogen (secondary N) is 2. The predicted molar refractivity (Wildman–Crippen MR) is 131 cm³/mol. The zero-order valence-corrected chi connectivity index (χ0v) is 20.1. The molecule has 0 unspecified atom stereocenters. The molecule has 1 heterocycles. The molecule has 6 nitrogen and oxygen atoms in total. The molecule has 0 saturated carbocycles. The fourth-order valence-corrected chi connectivity index (χ4v) is 3.75. The first-order valence-corrected chi connectivity index (χ1v) is 11.0. The lowest BCUT2D eigenvalue weighted by atomic mass is 10.1. The van der Waals surface area contributed by atoms with Gasteiger partial charge in [0.1, 0.15) is 22.9 Å². The molecule has 2 N–H and O–H groups in total. The summed E-state index contributed by atoms with van der Waals surface area (Å²) in [6.07, 6.45) is 1.52. The van der Waals surface area contributed by atoms with Crippen LogP contribution in [0.2, 0.25) is 5.02 Å². The van der Waals surface area contributed by atoms with Crippen LogP contribution in [0.4, 0.5) is 24.5 Å². The Morgan fingerprint density at radius 2 is 1.69 bits per heavy atom. The highest BCUT2D eigenvalue weighted by atomic mass is 35.5. The number of fused-ring (bicyclic) bond motifs is 1. The van der Waals surface area contributed by atoms with Crippen molar-refractivity contribution >= 4 is 45.7 Å². The Bertz CT molecular complexity index is 1510. The van der Waals surface area contributed by atoms with Crippen LogP contribution in [0.3, 0.4) is 0 Å². The quantitative estimate of drug-likeness (QED) is 0.224. The highest BCUT2D eigenvalue weighted by Gasteiger charge is 2.26. The molecule has 3 aromatic carbocycles. The topological polar surface area (TPSA) is 80.3 Å². The number of amides is 2. The van der Waals surface area contributed by atoms with Gasteiger partial charge in [-0.25, -0.2) is 13.2 Å². The van der Waals surface area contributed by atoms with Gasteiger partial charge >= 0.3 is 0 Å². The standard InChI is InChI=1S/C26H19ClF3N3O3/c1-12-7-8-15(33-26(35)20-22(28)13(2)21(27)24(30)23(20)29)11-19(12)36-18-9-10-31-25-16(18)5-4-6-17(25)32-14(3)34/h4-11H,1-3H3,(H,32,34)(H,33,35). The maximum atomic E-state index is 14.5. The lowest BCUT2D eigenvalue weighted by Gasteiger charge is -2.15. The largest absolute Gasteiger partial charge is 0.456 e. The average Bonchev–Trinajstić information content (AvgIpc) is 2.84. The summed E-state index contributed by atoms with van der Waals surface area (Å²) in [7, 11) is 0. The van der Waals surface area contributed by atoms with Gasteiger partial charge in [0.15, 0.2) is 11.6 Å². The lowest BCUT2D eigenvalue weighted by molar-refractivity contribution is -0.114. The first-order chi connectivity index (χ1) is 17.1. The van der Waals surface area contributed by atoms with E-state index in [-0.39, 0.29) is 17.2 Å². The third kappa shape index (κ3) is 4.70. The van der Waals surface area contributed by atoms with Gasteiger partial charge in [-0.1, -0.05) is 23.7 Å². The van der Waals surface area contributed by atoms with Crippen molar-refractivity contribution in [2.45, 2.75) is 20.8 Å². The van der Waals surface area contributed by atoms with Gasteiger partial charge in [0.2, 0.25) is 5.91 Å². The number of aromatic nitrogens is 1. The second-order valence-electron chi connectivity index (χ2n) is 7.98. The predicted octanol–water partition coefficient (Wildman–Crippen LogP) is 6.93. The average molecular weight is 514 g/mol. The number of pyridine rings is 1. The van der Waals surface area contributed by atoms with Crippen molar-refractivity contribution in [3.63, 3.8) is 0 Å². The number of ether oxygens (including phenoxy) is 1. The molecule has 0 fully saturated rings. The first-order valence-electron chi connectivity index (χ1n) is 10.7. The molecular weight excluding hydrogens is 495 g/mol. The summed E-state index contributed by atoms with van der Waals surface area (Å²) in [5.41, 5.74) is 0.419. The van der Waals surface area contributed by atoms with Crippen molar-refractivity contribution < 1.29 is 27.5 Å². The maximum absolute atomic E-state index is 14.5. The Morgan fingerprint density at radius 1 is 0.944 bits per heavy atom. The van der Waals surface area contributed by atoms with Crippen LogP contribution in [0.1, 0.15) is 28.4 Å². The fourth-order valence-electron chi connectivity index (χ4n) is 3.58. The Morgan fingerprint density at radius 3 is 2.42 bits per heavy atom. The van der Waals surface area contributed by atoms with Crippen LogP contribution in [0, 0.1) is 31.3 Å². The molecule has 0 bridgehead atoms. The molecule has 0 spiro atoms. The maximum Gasteiger partial charge on any atom is 0.261 e. The molecule has 4 aromatic rings. The highest BCUT2D eigenvalue weighted by molar-refractivity contribution is 6.31. The van der Waals surface area contributed by atoms with Crippen LogP contribution in [-0.4, -0.2) is 16.8 Å². The molecule has 0 atom stereocenters. The van der Waals surface area contributed by atoms with Crippen LogP contribution < -0.4 is 15.4 Å². The highest BCUT2D eigenvalue weighted by Crippen LogP contribution is 2.35. The zero-order valence-electron chi connectivity index (χ0n) is 19.3. The van der Waals surface area contributed by atoms with Gasteiger partial charge in [0, 0.05) is 35.8 Å². The molecule has 36 heavy (non-hydrogen) atoms. The molecule has 0 saturated heterocycles. The Balaban J connectivity index is 1.67. The van der Waals surface area contributed by atoms with E-state index >= 15 is 0 Å². The SMILES string of the molecule is CC(=O)Nc1cccc2c(Oc3cc(NC(=O)c4c(F)c(C)c(Cl)c(F)c4F)ccc3C)ccnc12. The van der Waals surface area contributed by atoms with Crippen molar-refractivity contribution in [1.82, 2.24) is 4.98 Å². The van der Waals surface area contributed by atoms with Crippen LogP contribution in [0.5, 0.6) is 11.5 Å². The molecule has 184 valence electrons. The van der Waals surface area contributed by atoms with Crippen molar-refractivity contribution in [1.29, 1.82) is 0 Å². The van der Waals surface area contributed by atoms with E-state index in [1.165, 1.54) is 25.3 Å². The van der Waals surface area contributed by atoms with E-state index in [4.69, 9.17) is 16.3 Å². The molecule has 10 heteroatoms. The minimum Gasteiger partial charge on any atom is -0.456 e. The number of anilines is 2. The number of hydrogen-bond acceptors (Lipinski definition) is 4. The molecule has 0 aliphatic rings. The summed E-state index contributed by atoms with van der Waals surface area (Å²) in [6.45, 7) is 4.30. The normalized spacial score (nSPS) is 10.9. The van der Waals surface area contributed by atoms with E-state index in [1.54, 1.807) is 37.3 Å². The van der Waals surface area contributed by atoms with Crippen molar-refractivity contribution in [3.05, 3.63) is 87.8 Å². The Kier molecular flexibility index (Phi) is 6.85. The minimum absolute atomic E-state index is 0.157. The molecular formula is C26H19ClF3N3O3. The van der Waals surface area contributed by atoms with Gasteiger partial charge in [0.25, 0.3) is 5.91 Å². The van der Waals surface area contributed by atoms with E-state index in [0.29, 0.717) is 33.7 Å². The summed E-state index contributed by atoms with van der Waals surface area (Å²) in [5.74, 6) is -5.11. The number of carbonyl (C=O) groups is 2. The van der Waals surface area contributed by atoms with Crippen LogP contribution in [0.25, 0.3) is 10.9 Å². The van der Waals surface area contributed by atoms with Crippen molar-refractivity contribution in [2.24, 2.45) is 0 Å². The number of para-hydroxylation sites is 1. The van der Waals surface area contributed by atoms with Gasteiger partial charge in [-0.2, -0.15) is 0 Å². The minimum atomic E-state index is -1.68. The number of benzene rings is 3. The van der Waals surface area contributed by atoms with E-state index < -0.39 is 33.9 Å². The number of aryl methyl sites for hydroxylation is 1.